The minimum atomic E-state index is 0.0401. The zero-order valence-electron chi connectivity index (χ0n) is 13.8. The van der Waals surface area contributed by atoms with Gasteiger partial charge in [-0.3, -0.25) is 9.89 Å². The molecule has 4 heteroatoms. The number of aromatic amines is 1. The number of aromatic nitrogens is 2. The Morgan fingerprint density at radius 1 is 1.12 bits per heavy atom. The lowest BCUT2D eigenvalue weighted by atomic mass is 9.89. The number of nitrogens with zero attached hydrogens (tertiary/aromatic N) is 2. The van der Waals surface area contributed by atoms with Crippen LogP contribution in [0.1, 0.15) is 40.4 Å². The molecule has 0 bridgehead atoms. The summed E-state index contributed by atoms with van der Waals surface area (Å²) < 4.78 is 0. The number of piperidine rings is 1. The molecule has 0 saturated carbocycles. The third kappa shape index (κ3) is 2.68. The van der Waals surface area contributed by atoms with Crippen LogP contribution in [0.15, 0.2) is 48.5 Å². The smallest absolute Gasteiger partial charge is 0.274 e. The maximum Gasteiger partial charge on any atom is 0.274 e. The number of likely N-dealkylation sites (tertiary alicyclic amines) is 1. The molecule has 2 aromatic carbocycles. The monoisotopic (exact) mass is 319 g/mol. The standard InChI is InChI=1S/C20H21N3O/c1-14-7-8-18-17(13-14)19(22-21-18)20(24)23-11-9-16(10-12-23)15-5-3-2-4-6-15/h2-8,13,16H,9-12H2,1H3,(H,21,22). The molecular weight excluding hydrogens is 298 g/mol. The zero-order chi connectivity index (χ0) is 16.5. The van der Waals surface area contributed by atoms with Gasteiger partial charge in [0.25, 0.3) is 5.91 Å². The molecule has 0 radical (unpaired) electrons. The largest absolute Gasteiger partial charge is 0.337 e. The SMILES string of the molecule is Cc1ccc2[nH]nc(C(=O)N3CCC(c4ccccc4)CC3)c2c1. The maximum atomic E-state index is 12.9. The predicted octanol–water partition coefficient (Wildman–Crippen LogP) is 3.89. The van der Waals surface area contributed by atoms with E-state index in [2.05, 4.69) is 34.5 Å². The summed E-state index contributed by atoms with van der Waals surface area (Å²) in [5.41, 5.74) is 3.99. The third-order valence-corrected chi connectivity index (χ3v) is 4.97. The number of fused-ring (bicyclic) bond motifs is 1. The molecule has 0 spiro atoms. The first-order chi connectivity index (χ1) is 11.7. The Labute approximate surface area is 141 Å². The molecule has 24 heavy (non-hydrogen) atoms. The van der Waals surface area contributed by atoms with Crippen molar-refractivity contribution in [3.05, 3.63) is 65.4 Å². The third-order valence-electron chi connectivity index (χ3n) is 4.97. The van der Waals surface area contributed by atoms with Crippen LogP contribution in [0.4, 0.5) is 0 Å². The van der Waals surface area contributed by atoms with Gasteiger partial charge < -0.3 is 4.90 Å². The van der Waals surface area contributed by atoms with Crippen LogP contribution in [-0.4, -0.2) is 34.1 Å². The second-order valence-corrected chi connectivity index (χ2v) is 6.60. The van der Waals surface area contributed by atoms with E-state index in [1.54, 1.807) is 0 Å². The second kappa shape index (κ2) is 6.11. The van der Waals surface area contributed by atoms with Gasteiger partial charge in [0.1, 0.15) is 0 Å². The number of benzene rings is 2. The van der Waals surface area contributed by atoms with Crippen molar-refractivity contribution in [3.63, 3.8) is 0 Å². The number of amides is 1. The van der Waals surface area contributed by atoms with Crippen LogP contribution >= 0.6 is 0 Å². The minimum absolute atomic E-state index is 0.0401. The van der Waals surface area contributed by atoms with E-state index in [0.717, 1.165) is 42.4 Å². The molecule has 0 aliphatic carbocycles. The molecule has 1 N–H and O–H groups in total. The van der Waals surface area contributed by atoms with Crippen LogP contribution in [0.2, 0.25) is 0 Å². The van der Waals surface area contributed by atoms with Crippen LogP contribution in [0.5, 0.6) is 0 Å². The van der Waals surface area contributed by atoms with Gasteiger partial charge in [-0.15, -0.1) is 0 Å². The van der Waals surface area contributed by atoms with Gasteiger partial charge in [-0.2, -0.15) is 5.10 Å². The molecule has 1 saturated heterocycles. The van der Waals surface area contributed by atoms with Crippen molar-refractivity contribution in [1.29, 1.82) is 0 Å². The summed E-state index contributed by atoms with van der Waals surface area (Å²) in [4.78, 5) is 14.8. The molecule has 2 heterocycles. The van der Waals surface area contributed by atoms with E-state index >= 15 is 0 Å². The summed E-state index contributed by atoms with van der Waals surface area (Å²) in [6.45, 7) is 3.61. The van der Waals surface area contributed by atoms with Crippen molar-refractivity contribution in [2.24, 2.45) is 0 Å². The first-order valence-electron chi connectivity index (χ1n) is 8.51. The van der Waals surface area contributed by atoms with Crippen LogP contribution < -0.4 is 0 Å². The minimum Gasteiger partial charge on any atom is -0.337 e. The van der Waals surface area contributed by atoms with Gasteiger partial charge in [0.2, 0.25) is 0 Å². The molecule has 4 rings (SSSR count). The molecule has 122 valence electrons. The van der Waals surface area contributed by atoms with Crippen molar-refractivity contribution in [3.8, 4) is 0 Å². The Morgan fingerprint density at radius 3 is 2.62 bits per heavy atom. The molecule has 4 nitrogen and oxygen atoms in total. The van der Waals surface area contributed by atoms with Crippen molar-refractivity contribution in [2.45, 2.75) is 25.7 Å². The van der Waals surface area contributed by atoms with E-state index in [4.69, 9.17) is 0 Å². The first-order valence-corrected chi connectivity index (χ1v) is 8.51. The lowest BCUT2D eigenvalue weighted by molar-refractivity contribution is 0.0709. The van der Waals surface area contributed by atoms with Gasteiger partial charge in [0, 0.05) is 18.5 Å². The Bertz CT molecular complexity index is 861. The number of carbonyl (C=O) groups excluding carboxylic acids is 1. The highest BCUT2D eigenvalue weighted by atomic mass is 16.2. The van der Waals surface area contributed by atoms with E-state index < -0.39 is 0 Å². The second-order valence-electron chi connectivity index (χ2n) is 6.60. The summed E-state index contributed by atoms with van der Waals surface area (Å²) in [6, 6.07) is 16.6. The predicted molar refractivity (Wildman–Crippen MR) is 95.2 cm³/mol. The van der Waals surface area contributed by atoms with Crippen LogP contribution in [0, 0.1) is 6.92 Å². The first kappa shape index (κ1) is 14.9. The highest BCUT2D eigenvalue weighted by molar-refractivity contribution is 6.04. The van der Waals surface area contributed by atoms with Crippen molar-refractivity contribution in [2.75, 3.05) is 13.1 Å². The highest BCUT2D eigenvalue weighted by Gasteiger charge is 2.26. The summed E-state index contributed by atoms with van der Waals surface area (Å²) in [5, 5.41) is 8.17. The average Bonchev–Trinajstić information content (AvgIpc) is 3.05. The highest BCUT2D eigenvalue weighted by Crippen LogP contribution is 2.29. The summed E-state index contributed by atoms with van der Waals surface area (Å²) >= 11 is 0. The summed E-state index contributed by atoms with van der Waals surface area (Å²) in [7, 11) is 0. The van der Waals surface area contributed by atoms with Crippen LogP contribution in [0.25, 0.3) is 10.9 Å². The molecule has 1 fully saturated rings. The molecule has 1 aliphatic rings. The topological polar surface area (TPSA) is 49.0 Å². The van der Waals surface area contributed by atoms with Crippen molar-refractivity contribution < 1.29 is 4.79 Å². The number of hydrogen-bond donors (Lipinski definition) is 1. The fraction of sp³-hybridized carbons (Fsp3) is 0.300. The lowest BCUT2D eigenvalue weighted by Gasteiger charge is -2.31. The van der Waals surface area contributed by atoms with Crippen molar-refractivity contribution >= 4 is 16.8 Å². The van der Waals surface area contributed by atoms with Gasteiger partial charge in [0.05, 0.1) is 5.52 Å². The number of carbonyl (C=O) groups is 1. The molecule has 1 amide bonds. The van der Waals surface area contributed by atoms with Crippen LogP contribution in [-0.2, 0) is 0 Å². The quantitative estimate of drug-likeness (QED) is 0.779. The normalized spacial score (nSPS) is 15.8. The maximum absolute atomic E-state index is 12.9. The number of aryl methyl sites for hydroxylation is 1. The Hall–Kier alpha value is -2.62. The van der Waals surface area contributed by atoms with Gasteiger partial charge in [-0.05, 0) is 43.4 Å². The Morgan fingerprint density at radius 2 is 1.88 bits per heavy atom. The van der Waals surface area contributed by atoms with Gasteiger partial charge in [0.15, 0.2) is 5.69 Å². The number of hydrogen-bond acceptors (Lipinski definition) is 2. The average molecular weight is 319 g/mol. The van der Waals surface area contributed by atoms with E-state index in [9.17, 15) is 4.79 Å². The van der Waals surface area contributed by atoms with Crippen molar-refractivity contribution in [1.82, 2.24) is 15.1 Å². The van der Waals surface area contributed by atoms with Gasteiger partial charge in [-0.25, -0.2) is 0 Å². The lowest BCUT2D eigenvalue weighted by Crippen LogP contribution is -2.38. The van der Waals surface area contributed by atoms with E-state index in [1.165, 1.54) is 5.56 Å². The van der Waals surface area contributed by atoms with E-state index in [1.807, 2.05) is 36.1 Å². The van der Waals surface area contributed by atoms with E-state index in [-0.39, 0.29) is 5.91 Å². The number of H-pyrrole nitrogens is 1. The van der Waals surface area contributed by atoms with Gasteiger partial charge >= 0.3 is 0 Å². The fourth-order valence-corrected chi connectivity index (χ4v) is 3.58. The Kier molecular flexibility index (Phi) is 3.81. The Balaban J connectivity index is 1.51. The molecule has 0 atom stereocenters. The molecule has 0 unspecified atom stereocenters. The fourth-order valence-electron chi connectivity index (χ4n) is 3.58. The summed E-state index contributed by atoms with van der Waals surface area (Å²) in [6.07, 6.45) is 2.02. The molecular formula is C20H21N3O. The zero-order valence-corrected chi connectivity index (χ0v) is 13.8. The number of rotatable bonds is 2. The number of nitrogens with one attached hydrogen (secondary N) is 1. The van der Waals surface area contributed by atoms with E-state index in [0.29, 0.717) is 11.6 Å². The molecule has 1 aliphatic heterocycles. The molecule has 3 aromatic rings. The van der Waals surface area contributed by atoms with Gasteiger partial charge in [-0.1, -0.05) is 42.0 Å². The van der Waals surface area contributed by atoms with Crippen LogP contribution in [0.3, 0.4) is 0 Å². The molecule has 1 aromatic heterocycles. The summed E-state index contributed by atoms with van der Waals surface area (Å²) in [5.74, 6) is 0.590.